The van der Waals surface area contributed by atoms with E-state index < -0.39 is 36.4 Å². The second-order valence-corrected chi connectivity index (χ2v) is 17.5. The number of nitrogens with zero attached hydrogens (tertiary/aromatic N) is 4. The Labute approximate surface area is 399 Å². The number of benzene rings is 5. The molecule has 69 heavy (non-hydrogen) atoms. The zero-order valence-corrected chi connectivity index (χ0v) is 39.5. The molecule has 0 aliphatic heterocycles. The molecule has 362 valence electrons. The highest BCUT2D eigenvalue weighted by atomic mass is 16.5. The van der Waals surface area contributed by atoms with Crippen LogP contribution in [0.4, 0.5) is 0 Å². The lowest BCUT2D eigenvalue weighted by Gasteiger charge is -2.28. The number of methoxy groups -OCH3 is 4. The molecule has 6 atom stereocenters. The molecule has 1 fully saturated rings. The Morgan fingerprint density at radius 3 is 1.91 bits per heavy atom. The maximum Gasteiger partial charge on any atom is 0.337 e. The molecule has 16 heteroatoms. The van der Waals surface area contributed by atoms with E-state index in [2.05, 4.69) is 10.2 Å². The third kappa shape index (κ3) is 10.4. The van der Waals surface area contributed by atoms with E-state index in [0.717, 1.165) is 22.3 Å². The van der Waals surface area contributed by atoms with E-state index in [1.54, 1.807) is 92.7 Å². The van der Waals surface area contributed by atoms with Crippen LogP contribution in [0, 0.1) is 13.8 Å². The van der Waals surface area contributed by atoms with Crippen molar-refractivity contribution in [2.24, 2.45) is 0 Å². The summed E-state index contributed by atoms with van der Waals surface area (Å²) in [7, 11) is 6.20. The lowest BCUT2D eigenvalue weighted by atomic mass is 9.94. The second-order valence-electron chi connectivity index (χ2n) is 17.5. The molecule has 1 saturated carbocycles. The highest BCUT2D eigenvalue weighted by Crippen LogP contribution is 2.41. The highest BCUT2D eigenvalue weighted by molar-refractivity contribution is 6.03. The maximum absolute atomic E-state index is 13.1. The molecule has 7 aromatic rings. The molecule has 0 saturated heterocycles. The first kappa shape index (κ1) is 48.5. The molecular weight excluding hydrogens is 885 g/mol. The van der Waals surface area contributed by atoms with E-state index in [4.69, 9.17) is 28.4 Å². The summed E-state index contributed by atoms with van der Waals surface area (Å²) in [5, 5.41) is 55.2. The lowest BCUT2D eigenvalue weighted by molar-refractivity contribution is -0.0849. The van der Waals surface area contributed by atoms with Crippen LogP contribution < -0.4 is 18.9 Å². The SMILES string of the molecule is COc1cc(C(O)C(Cn2ncc3cc(C4CC[C@H](OC(Cn5cc6cccc(C(=O)O)c6n5)C(O)c5cc(OC)c(C)c(OC)c5)C4)cc(C(=O)O)c32)OCCc2ccccc2)cc(OC)c1C. The first-order valence-corrected chi connectivity index (χ1v) is 22.8. The lowest BCUT2D eigenvalue weighted by Crippen LogP contribution is -2.31. The molecule has 0 spiro atoms. The van der Waals surface area contributed by atoms with E-state index >= 15 is 0 Å². The van der Waals surface area contributed by atoms with Crippen LogP contribution in [0.25, 0.3) is 21.8 Å². The van der Waals surface area contributed by atoms with Gasteiger partial charge >= 0.3 is 11.9 Å². The van der Waals surface area contributed by atoms with Crippen LogP contribution in [-0.4, -0.2) is 105 Å². The van der Waals surface area contributed by atoms with Crippen molar-refractivity contribution in [3.8, 4) is 23.0 Å². The summed E-state index contributed by atoms with van der Waals surface area (Å²) >= 11 is 0. The Morgan fingerprint density at radius 2 is 1.32 bits per heavy atom. The number of carboxylic acids is 2. The number of aromatic carboxylic acids is 2. The van der Waals surface area contributed by atoms with Crippen molar-refractivity contribution in [2.45, 2.75) is 89.1 Å². The Kier molecular flexibility index (Phi) is 14.8. The molecule has 5 unspecified atom stereocenters. The molecule has 1 aliphatic carbocycles. The van der Waals surface area contributed by atoms with Gasteiger partial charge < -0.3 is 48.8 Å². The molecule has 0 radical (unpaired) electrons. The third-order valence-electron chi connectivity index (χ3n) is 13.2. The summed E-state index contributed by atoms with van der Waals surface area (Å²) in [5.74, 6) is -0.182. The van der Waals surface area contributed by atoms with Gasteiger partial charge in [0.1, 0.15) is 52.9 Å². The van der Waals surface area contributed by atoms with Crippen molar-refractivity contribution < 1.29 is 58.4 Å². The van der Waals surface area contributed by atoms with E-state index in [0.29, 0.717) is 81.6 Å². The van der Waals surface area contributed by atoms with Gasteiger partial charge in [-0.1, -0.05) is 42.5 Å². The quantitative estimate of drug-likeness (QED) is 0.0536. The summed E-state index contributed by atoms with van der Waals surface area (Å²) in [6, 6.07) is 25.5. The minimum Gasteiger partial charge on any atom is -0.496 e. The number of hydrogen-bond donors (Lipinski definition) is 4. The van der Waals surface area contributed by atoms with Gasteiger partial charge in [0.2, 0.25) is 0 Å². The van der Waals surface area contributed by atoms with Crippen LogP contribution in [0.5, 0.6) is 23.0 Å². The molecular formula is C53H58N4O12. The first-order chi connectivity index (χ1) is 33.3. The predicted octanol–water partition coefficient (Wildman–Crippen LogP) is 8.25. The zero-order chi connectivity index (χ0) is 48.9. The molecule has 2 aromatic heterocycles. The van der Waals surface area contributed by atoms with Crippen molar-refractivity contribution >= 4 is 33.7 Å². The normalized spacial score (nSPS) is 16.6. The number of aromatic nitrogens is 4. The molecule has 5 aromatic carbocycles. The number of rotatable bonds is 21. The summed E-state index contributed by atoms with van der Waals surface area (Å²) in [6.07, 6.45) is 1.38. The van der Waals surface area contributed by atoms with Crippen LogP contribution in [0.2, 0.25) is 0 Å². The molecule has 16 nitrogen and oxygen atoms in total. The number of aliphatic hydroxyl groups is 2. The van der Waals surface area contributed by atoms with Gasteiger partial charge in [0.05, 0.1) is 77.1 Å². The summed E-state index contributed by atoms with van der Waals surface area (Å²) in [5.41, 5.74) is 5.26. The summed E-state index contributed by atoms with van der Waals surface area (Å²) < 4.78 is 38.9. The molecule has 2 heterocycles. The predicted molar refractivity (Wildman–Crippen MR) is 257 cm³/mol. The van der Waals surface area contributed by atoms with E-state index in [1.807, 2.05) is 50.2 Å². The van der Waals surface area contributed by atoms with E-state index in [-0.39, 0.29) is 42.8 Å². The molecule has 1 aliphatic rings. The van der Waals surface area contributed by atoms with Crippen molar-refractivity contribution in [3.05, 3.63) is 142 Å². The Morgan fingerprint density at radius 1 is 0.710 bits per heavy atom. The average molecular weight is 943 g/mol. The van der Waals surface area contributed by atoms with Gasteiger partial charge in [-0.25, -0.2) is 9.59 Å². The van der Waals surface area contributed by atoms with Crippen LogP contribution in [0.15, 0.2) is 97.3 Å². The first-order valence-electron chi connectivity index (χ1n) is 22.8. The Bertz CT molecular complexity index is 2900. The smallest absolute Gasteiger partial charge is 0.337 e. The minimum atomic E-state index is -1.18. The van der Waals surface area contributed by atoms with Gasteiger partial charge in [-0.3, -0.25) is 9.36 Å². The standard InChI is InChI=1S/C53H58N4O12/c1-30-42(64-3)22-36(23-43(30)65-4)50(58)46(68-18-17-32-11-8-7-9-12-32)29-57-49-38(26-54-57)19-35(21-41(49)53(62)63)33-15-16-39(20-33)69-47(51(59)37-24-44(66-5)31(2)45(25-37)67-6)28-56-27-34-13-10-14-40(52(60)61)48(34)55-56/h7-14,19,21-27,33,39,46-47,50-51,58-59H,15-18,20,28-29H2,1-6H3,(H,60,61)(H,62,63)/t33?,39-,46?,47?,50?,51?/m0/s1. The second kappa shape index (κ2) is 21.1. The highest BCUT2D eigenvalue weighted by Gasteiger charge is 2.34. The maximum atomic E-state index is 13.1. The molecule has 8 rings (SSSR count). The Hall–Kier alpha value is -6.98. The number of carboxylic acid groups (broad SMARTS) is 2. The van der Waals surface area contributed by atoms with E-state index in [1.165, 1.54) is 6.07 Å². The van der Waals surface area contributed by atoms with Gasteiger partial charge in [0, 0.05) is 28.1 Å². The summed E-state index contributed by atoms with van der Waals surface area (Å²) in [6.45, 7) is 4.12. The van der Waals surface area contributed by atoms with Crippen LogP contribution in [0.3, 0.4) is 0 Å². The van der Waals surface area contributed by atoms with Gasteiger partial charge in [0.25, 0.3) is 0 Å². The fourth-order valence-corrected chi connectivity index (χ4v) is 9.54. The number of aliphatic hydroxyl groups excluding tert-OH is 2. The average Bonchev–Trinajstić information content (AvgIpc) is 4.11. The number of ether oxygens (including phenoxy) is 6. The Balaban J connectivity index is 1.06. The van der Waals surface area contributed by atoms with Crippen molar-refractivity contribution in [3.63, 3.8) is 0 Å². The zero-order valence-electron chi connectivity index (χ0n) is 39.5. The van der Waals surface area contributed by atoms with Gasteiger partial charge in [0.15, 0.2) is 0 Å². The summed E-state index contributed by atoms with van der Waals surface area (Å²) in [4.78, 5) is 25.2. The molecule has 0 amide bonds. The van der Waals surface area contributed by atoms with Gasteiger partial charge in [-0.15, -0.1) is 0 Å². The van der Waals surface area contributed by atoms with Crippen LogP contribution in [-0.2, 0) is 29.0 Å². The molecule has 0 bridgehead atoms. The largest absolute Gasteiger partial charge is 0.496 e. The topological polar surface area (TPSA) is 206 Å². The number of carbonyl (C=O) groups is 2. The third-order valence-corrected chi connectivity index (χ3v) is 13.2. The van der Waals surface area contributed by atoms with E-state index in [9.17, 15) is 30.0 Å². The van der Waals surface area contributed by atoms with Crippen LogP contribution >= 0.6 is 0 Å². The fraction of sp³-hybridized carbons (Fsp3) is 0.358. The number of fused-ring (bicyclic) bond motifs is 2. The van der Waals surface area contributed by atoms with Gasteiger partial charge in [-0.2, -0.15) is 10.2 Å². The fourth-order valence-electron chi connectivity index (χ4n) is 9.54. The monoisotopic (exact) mass is 942 g/mol. The van der Waals surface area contributed by atoms with Crippen molar-refractivity contribution in [1.29, 1.82) is 0 Å². The minimum absolute atomic E-state index is 0.0306. The molecule has 4 N–H and O–H groups in total. The number of hydrogen-bond acceptors (Lipinski definition) is 12. The van der Waals surface area contributed by atoms with Crippen molar-refractivity contribution in [1.82, 2.24) is 19.6 Å². The van der Waals surface area contributed by atoms with Crippen molar-refractivity contribution in [2.75, 3.05) is 35.0 Å². The van der Waals surface area contributed by atoms with Crippen LogP contribution in [0.1, 0.15) is 91.5 Å². The van der Waals surface area contributed by atoms with Gasteiger partial charge in [-0.05, 0) is 110 Å².